The van der Waals surface area contributed by atoms with Gasteiger partial charge in [0.05, 0.1) is 13.7 Å². The lowest BCUT2D eigenvalue weighted by atomic mass is 9.86. The van der Waals surface area contributed by atoms with E-state index in [0.717, 1.165) is 30.9 Å². The van der Waals surface area contributed by atoms with E-state index in [4.69, 9.17) is 4.74 Å². The maximum Gasteiger partial charge on any atom is 0.327 e. The van der Waals surface area contributed by atoms with Crippen LogP contribution in [0.4, 0.5) is 4.79 Å². The zero-order valence-corrected chi connectivity index (χ0v) is 21.2. The summed E-state index contributed by atoms with van der Waals surface area (Å²) >= 11 is 0. The summed E-state index contributed by atoms with van der Waals surface area (Å²) in [7, 11) is 3.39. The molecule has 36 heavy (non-hydrogen) atoms. The lowest BCUT2D eigenvalue weighted by Gasteiger charge is -2.40. The molecule has 0 radical (unpaired) electrons. The number of ether oxygens (including phenoxy) is 1. The number of nitrogens with zero attached hydrogens (tertiary/aromatic N) is 3. The van der Waals surface area contributed by atoms with Crippen LogP contribution in [0.1, 0.15) is 29.5 Å². The molecule has 0 N–H and O–H groups in total. The van der Waals surface area contributed by atoms with Crippen molar-refractivity contribution in [3.05, 3.63) is 89.5 Å². The fourth-order valence-corrected chi connectivity index (χ4v) is 5.47. The number of hydrogen-bond acceptors (Lipinski definition) is 4. The number of carbonyl (C=O) groups is 2. The number of likely N-dealkylation sites (N-methyl/N-ethyl adjacent to an activating group) is 1. The summed E-state index contributed by atoms with van der Waals surface area (Å²) < 4.78 is 5.21. The maximum absolute atomic E-state index is 13.5. The normalized spacial score (nSPS) is 17.8. The molecule has 0 bridgehead atoms. The van der Waals surface area contributed by atoms with E-state index in [9.17, 15) is 9.59 Å². The molecular weight excluding hydrogens is 450 g/mol. The largest absolute Gasteiger partial charge is 0.497 e. The van der Waals surface area contributed by atoms with E-state index in [1.165, 1.54) is 27.2 Å². The number of rotatable bonds is 6. The first kappa shape index (κ1) is 24.1. The number of piperidine rings is 1. The highest BCUT2D eigenvalue weighted by Gasteiger charge is 2.56. The molecule has 5 rings (SSSR count). The van der Waals surface area contributed by atoms with Crippen molar-refractivity contribution >= 4 is 11.9 Å². The molecule has 3 amide bonds. The van der Waals surface area contributed by atoms with Crippen LogP contribution in [-0.2, 0) is 17.9 Å². The predicted molar refractivity (Wildman–Crippen MR) is 141 cm³/mol. The van der Waals surface area contributed by atoms with Gasteiger partial charge in [-0.2, -0.15) is 0 Å². The zero-order chi connectivity index (χ0) is 25.3. The van der Waals surface area contributed by atoms with Gasteiger partial charge in [-0.1, -0.05) is 60.7 Å². The van der Waals surface area contributed by atoms with E-state index in [1.807, 2.05) is 24.3 Å². The molecule has 0 unspecified atom stereocenters. The molecule has 0 aliphatic carbocycles. The van der Waals surface area contributed by atoms with Gasteiger partial charge in [0.25, 0.3) is 5.91 Å². The van der Waals surface area contributed by atoms with Crippen LogP contribution >= 0.6 is 0 Å². The van der Waals surface area contributed by atoms with Crippen molar-refractivity contribution in [2.75, 3.05) is 27.2 Å². The van der Waals surface area contributed by atoms with Gasteiger partial charge in [-0.15, -0.1) is 0 Å². The van der Waals surface area contributed by atoms with Crippen LogP contribution in [0.3, 0.4) is 0 Å². The van der Waals surface area contributed by atoms with Gasteiger partial charge in [0, 0.05) is 26.7 Å². The van der Waals surface area contributed by atoms with E-state index >= 15 is 0 Å². The Labute approximate surface area is 213 Å². The van der Waals surface area contributed by atoms with Crippen LogP contribution in [0.2, 0.25) is 0 Å². The Morgan fingerprint density at radius 1 is 0.833 bits per heavy atom. The van der Waals surface area contributed by atoms with E-state index < -0.39 is 5.54 Å². The Kier molecular flexibility index (Phi) is 6.54. The molecular formula is C30H33N3O3. The van der Waals surface area contributed by atoms with Gasteiger partial charge in [0.15, 0.2) is 0 Å². The minimum atomic E-state index is -0.741. The molecule has 0 saturated carbocycles. The second-order valence-electron chi connectivity index (χ2n) is 9.90. The fraction of sp³-hybridized carbons (Fsp3) is 0.333. The number of carbonyl (C=O) groups excluding carboxylic acids is 2. The third-order valence-corrected chi connectivity index (χ3v) is 7.80. The van der Waals surface area contributed by atoms with Crippen LogP contribution in [0, 0.1) is 6.92 Å². The molecule has 0 aromatic heterocycles. The number of benzene rings is 3. The number of aryl methyl sites for hydroxylation is 1. The molecule has 2 aliphatic rings. The molecule has 2 heterocycles. The number of urea groups is 1. The molecule has 2 fully saturated rings. The van der Waals surface area contributed by atoms with Crippen LogP contribution in [0.15, 0.2) is 72.8 Å². The Bertz CT molecular complexity index is 1250. The smallest absolute Gasteiger partial charge is 0.327 e. The Morgan fingerprint density at radius 2 is 1.44 bits per heavy atom. The quantitative estimate of drug-likeness (QED) is 0.458. The molecule has 2 aliphatic heterocycles. The third-order valence-electron chi connectivity index (χ3n) is 7.80. The van der Waals surface area contributed by atoms with Crippen molar-refractivity contribution < 1.29 is 14.3 Å². The van der Waals surface area contributed by atoms with Crippen LogP contribution in [-0.4, -0.2) is 59.4 Å². The number of imide groups is 1. The van der Waals surface area contributed by atoms with E-state index in [1.54, 1.807) is 19.1 Å². The second-order valence-corrected chi connectivity index (χ2v) is 9.90. The van der Waals surface area contributed by atoms with Crippen LogP contribution in [0.25, 0.3) is 11.1 Å². The second kappa shape index (κ2) is 9.78. The van der Waals surface area contributed by atoms with Crippen molar-refractivity contribution in [2.24, 2.45) is 0 Å². The summed E-state index contributed by atoms with van der Waals surface area (Å²) in [6.07, 6.45) is 1.29. The molecule has 0 atom stereocenters. The molecule has 6 nitrogen and oxygen atoms in total. The lowest BCUT2D eigenvalue weighted by Crippen LogP contribution is -2.55. The monoisotopic (exact) mass is 483 g/mol. The number of likely N-dealkylation sites (tertiary alicyclic amines) is 1. The first-order chi connectivity index (χ1) is 17.4. The minimum absolute atomic E-state index is 0.0759. The summed E-state index contributed by atoms with van der Waals surface area (Å²) in [6.45, 7) is 4.81. The van der Waals surface area contributed by atoms with Gasteiger partial charge < -0.3 is 9.64 Å². The van der Waals surface area contributed by atoms with Crippen LogP contribution < -0.4 is 4.74 Å². The Balaban J connectivity index is 1.22. The van der Waals surface area contributed by atoms with Crippen molar-refractivity contribution in [2.45, 2.75) is 38.4 Å². The van der Waals surface area contributed by atoms with Crippen molar-refractivity contribution in [1.29, 1.82) is 0 Å². The highest BCUT2D eigenvalue weighted by Crippen LogP contribution is 2.37. The average Bonchev–Trinajstić information content (AvgIpc) is 3.07. The van der Waals surface area contributed by atoms with Gasteiger partial charge in [-0.3, -0.25) is 14.6 Å². The summed E-state index contributed by atoms with van der Waals surface area (Å²) in [5.74, 6) is 0.677. The Hall–Kier alpha value is -3.64. The van der Waals surface area contributed by atoms with Crippen molar-refractivity contribution in [3.8, 4) is 16.9 Å². The minimum Gasteiger partial charge on any atom is -0.497 e. The molecule has 2 saturated heterocycles. The Morgan fingerprint density at radius 3 is 2.08 bits per heavy atom. The SMILES string of the molecule is COc1ccc(CN2C(=O)N(C)C3(CCN(Cc4ccc(-c5ccccc5C)cc4)CC3)C2=O)cc1. The van der Waals surface area contributed by atoms with Crippen LogP contribution in [0.5, 0.6) is 5.75 Å². The molecule has 3 aromatic rings. The summed E-state index contributed by atoms with van der Waals surface area (Å²) in [4.78, 5) is 32.0. The fourth-order valence-electron chi connectivity index (χ4n) is 5.47. The highest BCUT2D eigenvalue weighted by molar-refractivity contribution is 6.06. The summed E-state index contributed by atoms with van der Waals surface area (Å²) in [5.41, 5.74) is 5.18. The first-order valence-corrected chi connectivity index (χ1v) is 12.5. The number of amides is 3. The highest BCUT2D eigenvalue weighted by atomic mass is 16.5. The van der Waals surface area contributed by atoms with Gasteiger partial charge in [0.1, 0.15) is 11.3 Å². The molecule has 3 aromatic carbocycles. The van der Waals surface area contributed by atoms with Crippen molar-refractivity contribution in [3.63, 3.8) is 0 Å². The summed E-state index contributed by atoms with van der Waals surface area (Å²) in [5, 5.41) is 0. The standard InChI is InChI=1S/C30H33N3O3/c1-22-6-4-5-7-27(22)25-12-8-23(9-13-25)20-32-18-16-30(17-19-32)28(34)33(29(35)31(30)2)21-24-10-14-26(36-3)15-11-24/h4-15H,16-21H2,1-3H3. The predicted octanol–water partition coefficient (Wildman–Crippen LogP) is 5.10. The van der Waals surface area contributed by atoms with E-state index in [2.05, 4.69) is 60.4 Å². The average molecular weight is 484 g/mol. The topological polar surface area (TPSA) is 53.1 Å². The zero-order valence-electron chi connectivity index (χ0n) is 21.2. The van der Waals surface area contributed by atoms with E-state index in [0.29, 0.717) is 12.8 Å². The third kappa shape index (κ3) is 4.37. The van der Waals surface area contributed by atoms with Gasteiger partial charge in [-0.05, 0) is 59.7 Å². The van der Waals surface area contributed by atoms with Gasteiger partial charge in [0.2, 0.25) is 0 Å². The van der Waals surface area contributed by atoms with Gasteiger partial charge >= 0.3 is 6.03 Å². The molecule has 6 heteroatoms. The lowest BCUT2D eigenvalue weighted by molar-refractivity contribution is -0.135. The summed E-state index contributed by atoms with van der Waals surface area (Å²) in [6, 6.07) is 24.5. The van der Waals surface area contributed by atoms with Crippen molar-refractivity contribution in [1.82, 2.24) is 14.7 Å². The number of hydrogen-bond donors (Lipinski definition) is 0. The molecule has 186 valence electrons. The maximum atomic E-state index is 13.5. The number of methoxy groups -OCH3 is 1. The first-order valence-electron chi connectivity index (χ1n) is 12.5. The van der Waals surface area contributed by atoms with Gasteiger partial charge in [-0.25, -0.2) is 4.79 Å². The van der Waals surface area contributed by atoms with E-state index in [-0.39, 0.29) is 18.5 Å². The molecule has 1 spiro atoms.